The molecule has 4 aromatic rings. The number of aromatic nitrogens is 3. The van der Waals surface area contributed by atoms with Crippen molar-refractivity contribution in [1.82, 2.24) is 15.0 Å². The summed E-state index contributed by atoms with van der Waals surface area (Å²) >= 11 is 3.37. The minimum atomic E-state index is -0.408. The third kappa shape index (κ3) is 3.80. The van der Waals surface area contributed by atoms with Gasteiger partial charge < -0.3 is 10.3 Å². The van der Waals surface area contributed by atoms with Crippen LogP contribution < -0.4 is 5.32 Å². The fourth-order valence-electron chi connectivity index (χ4n) is 2.77. The number of H-pyrrole nitrogens is 1. The van der Waals surface area contributed by atoms with Crippen LogP contribution in [-0.4, -0.2) is 19.9 Å². The second kappa shape index (κ2) is 7.16. The Bertz CT molecular complexity index is 1130. The first kappa shape index (κ1) is 17.2. The van der Waals surface area contributed by atoms with Gasteiger partial charge in [0.2, 0.25) is 0 Å². The summed E-state index contributed by atoms with van der Waals surface area (Å²) in [5.41, 5.74) is 3.66. The summed E-state index contributed by atoms with van der Waals surface area (Å²) in [4.78, 5) is 22.8. The lowest BCUT2D eigenvalue weighted by atomic mass is 10.1. The van der Waals surface area contributed by atoms with Gasteiger partial charge in [-0.1, -0.05) is 30.3 Å². The summed E-state index contributed by atoms with van der Waals surface area (Å²) in [6, 6.07) is 16.6. The normalized spacial score (nSPS) is 10.9. The molecule has 134 valence electrons. The molecular formula is C19H14BrN5O2. The molecule has 0 atom stereocenters. The van der Waals surface area contributed by atoms with E-state index in [1.165, 1.54) is 12.1 Å². The summed E-state index contributed by atoms with van der Waals surface area (Å²) in [5, 5.41) is 14.6. The van der Waals surface area contributed by atoms with Gasteiger partial charge in [0.1, 0.15) is 5.82 Å². The van der Waals surface area contributed by atoms with Gasteiger partial charge in [-0.25, -0.2) is 9.97 Å². The molecule has 8 heteroatoms. The zero-order chi connectivity index (χ0) is 18.8. The number of anilines is 1. The molecule has 0 bridgehead atoms. The Morgan fingerprint density at radius 3 is 2.74 bits per heavy atom. The fourth-order valence-corrected chi connectivity index (χ4v) is 3.10. The van der Waals surface area contributed by atoms with Crippen LogP contribution in [0.3, 0.4) is 0 Å². The average Bonchev–Trinajstić information content (AvgIpc) is 3.10. The largest absolute Gasteiger partial charge is 0.381 e. The maximum atomic E-state index is 11.4. The highest BCUT2D eigenvalue weighted by Gasteiger charge is 2.14. The zero-order valence-corrected chi connectivity index (χ0v) is 15.6. The van der Waals surface area contributed by atoms with Gasteiger partial charge in [0.15, 0.2) is 5.65 Å². The summed E-state index contributed by atoms with van der Waals surface area (Å²) < 4.78 is 0.828. The van der Waals surface area contributed by atoms with Crippen molar-refractivity contribution >= 4 is 38.5 Å². The molecule has 0 saturated carbocycles. The van der Waals surface area contributed by atoms with Crippen LogP contribution >= 0.6 is 15.9 Å². The maximum absolute atomic E-state index is 11.4. The quantitative estimate of drug-likeness (QED) is 0.351. The van der Waals surface area contributed by atoms with Gasteiger partial charge in [0.25, 0.3) is 5.69 Å². The van der Waals surface area contributed by atoms with E-state index >= 15 is 0 Å². The van der Waals surface area contributed by atoms with Crippen LogP contribution in [-0.2, 0) is 6.54 Å². The molecule has 0 spiro atoms. The van der Waals surface area contributed by atoms with Crippen LogP contribution in [0, 0.1) is 10.1 Å². The second-order valence-corrected chi connectivity index (χ2v) is 6.89. The van der Waals surface area contributed by atoms with Gasteiger partial charge >= 0.3 is 0 Å². The third-order valence-corrected chi connectivity index (χ3v) is 4.48. The van der Waals surface area contributed by atoms with Crippen molar-refractivity contribution in [3.05, 3.63) is 80.9 Å². The van der Waals surface area contributed by atoms with E-state index in [4.69, 9.17) is 0 Å². The number of pyridine rings is 1. The van der Waals surface area contributed by atoms with E-state index < -0.39 is 4.92 Å². The summed E-state index contributed by atoms with van der Waals surface area (Å²) in [7, 11) is 0. The Balaban J connectivity index is 1.70. The minimum Gasteiger partial charge on any atom is -0.381 e. The number of benzene rings is 2. The Kier molecular flexibility index (Phi) is 4.55. The molecule has 0 saturated heterocycles. The fraction of sp³-hybridized carbons (Fsp3) is 0.0526. The van der Waals surface area contributed by atoms with Crippen molar-refractivity contribution in [1.29, 1.82) is 0 Å². The SMILES string of the molecule is O=[N+]([O-])c1cc(NCc2ccccc2)cc(-c2nc3ncc(Br)cc3[nH]2)c1. The van der Waals surface area contributed by atoms with E-state index in [2.05, 4.69) is 36.2 Å². The molecule has 27 heavy (non-hydrogen) atoms. The molecule has 0 aliphatic rings. The Labute approximate surface area is 162 Å². The summed E-state index contributed by atoms with van der Waals surface area (Å²) in [6.45, 7) is 0.566. The lowest BCUT2D eigenvalue weighted by Gasteiger charge is -2.08. The molecule has 0 unspecified atom stereocenters. The van der Waals surface area contributed by atoms with Gasteiger partial charge in [-0.15, -0.1) is 0 Å². The molecule has 2 aromatic heterocycles. The smallest absolute Gasteiger partial charge is 0.272 e. The number of hydrogen-bond acceptors (Lipinski definition) is 5. The molecule has 2 heterocycles. The maximum Gasteiger partial charge on any atom is 0.272 e. The zero-order valence-electron chi connectivity index (χ0n) is 14.0. The lowest BCUT2D eigenvalue weighted by molar-refractivity contribution is -0.384. The molecule has 0 aliphatic heterocycles. The first-order chi connectivity index (χ1) is 13.1. The van der Waals surface area contributed by atoms with E-state index in [9.17, 15) is 10.1 Å². The first-order valence-electron chi connectivity index (χ1n) is 8.17. The van der Waals surface area contributed by atoms with Gasteiger partial charge in [0.05, 0.1) is 10.4 Å². The number of halogens is 1. The Morgan fingerprint density at radius 2 is 1.96 bits per heavy atom. The highest BCUT2D eigenvalue weighted by Crippen LogP contribution is 2.29. The average molecular weight is 424 g/mol. The first-order valence-corrected chi connectivity index (χ1v) is 8.97. The van der Waals surface area contributed by atoms with Crippen LogP contribution in [0.15, 0.2) is 65.3 Å². The summed E-state index contributed by atoms with van der Waals surface area (Å²) in [6.07, 6.45) is 1.66. The standard InChI is InChI=1S/C19H14BrN5O2/c20-14-8-17-19(22-11-14)24-18(23-17)13-6-15(9-16(7-13)25(26)27)21-10-12-4-2-1-3-5-12/h1-9,11,21H,10H2,(H,22,23,24). The number of nitrogens with zero attached hydrogens (tertiary/aromatic N) is 3. The van der Waals surface area contributed by atoms with Gasteiger partial charge in [0, 0.05) is 40.6 Å². The van der Waals surface area contributed by atoms with E-state index in [-0.39, 0.29) is 5.69 Å². The van der Waals surface area contributed by atoms with Crippen LogP contribution in [0.1, 0.15) is 5.56 Å². The van der Waals surface area contributed by atoms with Crippen molar-refractivity contribution in [3.8, 4) is 11.4 Å². The molecule has 0 amide bonds. The van der Waals surface area contributed by atoms with Crippen LogP contribution in [0.4, 0.5) is 11.4 Å². The van der Waals surface area contributed by atoms with E-state index in [0.717, 1.165) is 15.6 Å². The highest BCUT2D eigenvalue weighted by atomic mass is 79.9. The Hall–Kier alpha value is -3.26. The molecule has 0 fully saturated rings. The van der Waals surface area contributed by atoms with Crippen LogP contribution in [0.2, 0.25) is 0 Å². The number of nitrogens with one attached hydrogen (secondary N) is 2. The monoisotopic (exact) mass is 423 g/mol. The third-order valence-electron chi connectivity index (χ3n) is 4.05. The van der Waals surface area contributed by atoms with E-state index in [1.54, 1.807) is 6.20 Å². The number of non-ortho nitro benzene ring substituents is 1. The number of hydrogen-bond donors (Lipinski definition) is 2. The predicted molar refractivity (Wildman–Crippen MR) is 107 cm³/mol. The van der Waals surface area contributed by atoms with E-state index in [1.807, 2.05) is 42.5 Å². The number of rotatable bonds is 5. The molecule has 7 nitrogen and oxygen atoms in total. The molecule has 4 rings (SSSR count). The van der Waals surface area contributed by atoms with E-state index in [0.29, 0.717) is 29.3 Å². The number of aromatic amines is 1. The van der Waals surface area contributed by atoms with Gasteiger partial charge in [-0.05, 0) is 33.6 Å². The topological polar surface area (TPSA) is 96.7 Å². The molecule has 2 aromatic carbocycles. The summed E-state index contributed by atoms with van der Waals surface area (Å²) in [5.74, 6) is 0.530. The lowest BCUT2D eigenvalue weighted by Crippen LogP contribution is -2.00. The van der Waals surface area contributed by atoms with Gasteiger partial charge in [-0.3, -0.25) is 10.1 Å². The predicted octanol–water partition coefficient (Wildman–Crippen LogP) is 4.91. The van der Waals surface area contributed by atoms with Crippen molar-refractivity contribution in [2.24, 2.45) is 0 Å². The van der Waals surface area contributed by atoms with Gasteiger partial charge in [-0.2, -0.15) is 0 Å². The highest BCUT2D eigenvalue weighted by molar-refractivity contribution is 9.10. The number of fused-ring (bicyclic) bond motifs is 1. The minimum absolute atomic E-state index is 0.00217. The van der Waals surface area contributed by atoms with Crippen LogP contribution in [0.5, 0.6) is 0 Å². The van der Waals surface area contributed by atoms with Crippen LogP contribution in [0.25, 0.3) is 22.6 Å². The van der Waals surface area contributed by atoms with Crippen molar-refractivity contribution in [3.63, 3.8) is 0 Å². The molecule has 0 aliphatic carbocycles. The molecular weight excluding hydrogens is 410 g/mol. The number of imidazole rings is 1. The molecule has 2 N–H and O–H groups in total. The second-order valence-electron chi connectivity index (χ2n) is 5.97. The molecule has 0 radical (unpaired) electrons. The number of nitro groups is 1. The number of nitro benzene ring substituents is 1. The Morgan fingerprint density at radius 1 is 1.15 bits per heavy atom. The van der Waals surface area contributed by atoms with Crippen molar-refractivity contribution < 1.29 is 4.92 Å². The van der Waals surface area contributed by atoms with Crippen molar-refractivity contribution in [2.75, 3.05) is 5.32 Å². The van der Waals surface area contributed by atoms with Crippen molar-refractivity contribution in [2.45, 2.75) is 6.54 Å².